The number of nitrogens with zero attached hydrogens (tertiary/aromatic N) is 2. The Morgan fingerprint density at radius 3 is 2.47 bits per heavy atom. The van der Waals surface area contributed by atoms with E-state index < -0.39 is 20.9 Å². The number of rotatable bonds is 6. The van der Waals surface area contributed by atoms with Gasteiger partial charge in [0.1, 0.15) is 23.2 Å². The number of nitrogens with one attached hydrogen (secondary N) is 1. The monoisotopic (exact) mass is 452 g/mol. The molecule has 0 saturated heterocycles. The number of aryl methyl sites for hydroxylation is 1. The Bertz CT molecular complexity index is 1380. The van der Waals surface area contributed by atoms with Crippen LogP contribution in [0.2, 0.25) is 0 Å². The first-order valence-corrected chi connectivity index (χ1v) is 10.5. The highest BCUT2D eigenvalue weighted by atomic mass is 32.2. The average molecular weight is 452 g/mol. The zero-order valence-corrected chi connectivity index (χ0v) is 17.4. The molecule has 1 heterocycles. The lowest BCUT2D eigenvalue weighted by Gasteiger charge is -2.05. The first-order chi connectivity index (χ1) is 15.1. The number of carbonyl (C=O) groups excluding carboxylic acids is 1. The number of primary sulfonamides is 1. The summed E-state index contributed by atoms with van der Waals surface area (Å²) in [5.74, 6) is -0.402. The van der Waals surface area contributed by atoms with Crippen molar-refractivity contribution in [3.8, 4) is 17.4 Å². The Hall–Kier alpha value is -4.27. The van der Waals surface area contributed by atoms with Gasteiger partial charge >= 0.3 is 0 Å². The fourth-order valence-corrected chi connectivity index (χ4v) is 3.31. The molecule has 1 amide bonds. The van der Waals surface area contributed by atoms with Crippen LogP contribution in [0.4, 0.5) is 11.4 Å². The first-order valence-electron chi connectivity index (χ1n) is 9.00. The molecule has 11 heteroatoms. The van der Waals surface area contributed by atoms with E-state index in [1.165, 1.54) is 48.5 Å². The van der Waals surface area contributed by atoms with E-state index in [4.69, 9.17) is 9.56 Å². The van der Waals surface area contributed by atoms with E-state index in [0.717, 1.165) is 0 Å². The van der Waals surface area contributed by atoms with E-state index in [2.05, 4.69) is 5.32 Å². The molecule has 0 fully saturated rings. The van der Waals surface area contributed by atoms with Crippen LogP contribution in [-0.4, -0.2) is 19.2 Å². The van der Waals surface area contributed by atoms with Gasteiger partial charge in [-0.1, -0.05) is 6.07 Å². The molecule has 1 aromatic heterocycles. The van der Waals surface area contributed by atoms with Crippen molar-refractivity contribution in [2.24, 2.45) is 5.14 Å². The molecule has 3 rings (SSSR count). The van der Waals surface area contributed by atoms with Crippen molar-refractivity contribution in [1.29, 1.82) is 5.26 Å². The molecule has 0 aliphatic heterocycles. The van der Waals surface area contributed by atoms with Crippen molar-refractivity contribution in [2.45, 2.75) is 11.8 Å². The minimum Gasteiger partial charge on any atom is -0.456 e. The fourth-order valence-electron chi connectivity index (χ4n) is 2.79. The summed E-state index contributed by atoms with van der Waals surface area (Å²) in [4.78, 5) is 23.1. The van der Waals surface area contributed by atoms with Crippen LogP contribution in [0, 0.1) is 28.4 Å². The molecule has 0 aliphatic rings. The second-order valence-corrected chi connectivity index (χ2v) is 8.23. The topological polar surface area (TPSA) is 169 Å². The number of amides is 1. The van der Waals surface area contributed by atoms with E-state index in [1.54, 1.807) is 25.1 Å². The van der Waals surface area contributed by atoms with Gasteiger partial charge in [0.05, 0.1) is 15.4 Å². The second-order valence-electron chi connectivity index (χ2n) is 6.67. The summed E-state index contributed by atoms with van der Waals surface area (Å²) in [6.07, 6.45) is 1.19. The van der Waals surface area contributed by atoms with E-state index >= 15 is 0 Å². The first kappa shape index (κ1) is 22.4. The Morgan fingerprint density at radius 2 is 1.88 bits per heavy atom. The Labute approximate surface area is 182 Å². The molecule has 3 N–H and O–H groups in total. The highest BCUT2D eigenvalue weighted by Gasteiger charge is 2.19. The number of benzene rings is 2. The van der Waals surface area contributed by atoms with Gasteiger partial charge in [0, 0.05) is 17.8 Å². The highest BCUT2D eigenvalue weighted by molar-refractivity contribution is 7.89. The number of nitro groups is 1. The van der Waals surface area contributed by atoms with Crippen molar-refractivity contribution in [3.05, 3.63) is 81.6 Å². The van der Waals surface area contributed by atoms with Crippen LogP contribution < -0.4 is 10.5 Å². The SMILES string of the molecule is Cc1ccc(-c2ccc(/C=C(\C#N)C(=O)Nc3ccc(S(N)(=O)=O)cc3)o2)c([N+](=O)[O-])c1. The van der Waals surface area contributed by atoms with Crippen molar-refractivity contribution in [3.63, 3.8) is 0 Å². The maximum Gasteiger partial charge on any atom is 0.280 e. The predicted octanol–water partition coefficient (Wildman–Crippen LogP) is 3.36. The van der Waals surface area contributed by atoms with Gasteiger partial charge in [-0.05, 0) is 55.0 Å². The van der Waals surface area contributed by atoms with Crippen LogP contribution in [0.3, 0.4) is 0 Å². The Morgan fingerprint density at radius 1 is 1.19 bits per heavy atom. The quantitative estimate of drug-likeness (QED) is 0.250. The summed E-state index contributed by atoms with van der Waals surface area (Å²) >= 11 is 0. The van der Waals surface area contributed by atoms with Crippen molar-refractivity contribution in [1.82, 2.24) is 0 Å². The van der Waals surface area contributed by atoms with Crippen molar-refractivity contribution in [2.75, 3.05) is 5.32 Å². The molecular weight excluding hydrogens is 436 g/mol. The van der Waals surface area contributed by atoms with Gasteiger partial charge < -0.3 is 9.73 Å². The lowest BCUT2D eigenvalue weighted by atomic mass is 10.1. The summed E-state index contributed by atoms with van der Waals surface area (Å²) in [5, 5.41) is 28.2. The normalized spacial score (nSPS) is 11.6. The van der Waals surface area contributed by atoms with Gasteiger partial charge in [-0.25, -0.2) is 13.6 Å². The predicted molar refractivity (Wildman–Crippen MR) is 116 cm³/mol. The fraction of sp³-hybridized carbons (Fsp3) is 0.0476. The lowest BCUT2D eigenvalue weighted by Crippen LogP contribution is -2.14. The van der Waals surface area contributed by atoms with E-state index in [0.29, 0.717) is 5.56 Å². The molecule has 0 bridgehead atoms. The van der Waals surface area contributed by atoms with Crippen LogP contribution in [0.25, 0.3) is 17.4 Å². The van der Waals surface area contributed by atoms with Crippen LogP contribution in [-0.2, 0) is 14.8 Å². The summed E-state index contributed by atoms with van der Waals surface area (Å²) in [6, 6.07) is 14.5. The number of nitriles is 1. The molecule has 0 spiro atoms. The molecule has 32 heavy (non-hydrogen) atoms. The number of sulfonamides is 1. The molecule has 0 saturated carbocycles. The maximum absolute atomic E-state index is 12.4. The summed E-state index contributed by atoms with van der Waals surface area (Å²) in [6.45, 7) is 1.73. The van der Waals surface area contributed by atoms with Gasteiger partial charge in [0.2, 0.25) is 10.0 Å². The highest BCUT2D eigenvalue weighted by Crippen LogP contribution is 2.32. The number of anilines is 1. The van der Waals surface area contributed by atoms with Crippen LogP contribution in [0.15, 0.2) is 69.5 Å². The molecular formula is C21H16N4O6S. The van der Waals surface area contributed by atoms with Crippen LogP contribution in [0.1, 0.15) is 11.3 Å². The number of hydrogen-bond acceptors (Lipinski definition) is 7. The molecule has 0 unspecified atom stereocenters. The zero-order chi connectivity index (χ0) is 23.5. The van der Waals surface area contributed by atoms with E-state index in [1.807, 2.05) is 0 Å². The molecule has 0 aliphatic carbocycles. The van der Waals surface area contributed by atoms with Gasteiger partial charge in [0.25, 0.3) is 11.6 Å². The zero-order valence-electron chi connectivity index (χ0n) is 16.6. The number of nitrogens with two attached hydrogens (primary N) is 1. The smallest absolute Gasteiger partial charge is 0.280 e. The molecule has 3 aromatic rings. The third kappa shape index (κ3) is 5.07. The minimum absolute atomic E-state index is 0.125. The summed E-state index contributed by atoms with van der Waals surface area (Å²) in [7, 11) is -3.87. The lowest BCUT2D eigenvalue weighted by molar-refractivity contribution is -0.384. The molecule has 0 atom stereocenters. The third-order valence-electron chi connectivity index (χ3n) is 4.33. The molecule has 10 nitrogen and oxygen atoms in total. The summed E-state index contributed by atoms with van der Waals surface area (Å²) in [5.41, 5.74) is 0.806. The molecule has 0 radical (unpaired) electrons. The molecule has 2 aromatic carbocycles. The average Bonchev–Trinajstić information content (AvgIpc) is 3.20. The van der Waals surface area contributed by atoms with Crippen LogP contribution >= 0.6 is 0 Å². The van der Waals surface area contributed by atoms with Gasteiger partial charge in [0.15, 0.2) is 0 Å². The minimum atomic E-state index is -3.87. The third-order valence-corrected chi connectivity index (χ3v) is 5.26. The Kier molecular flexibility index (Phi) is 6.20. The van der Waals surface area contributed by atoms with Crippen LogP contribution in [0.5, 0.6) is 0 Å². The van der Waals surface area contributed by atoms with Gasteiger partial charge in [-0.15, -0.1) is 0 Å². The standard InChI is InChI=1S/C21H16N4O6S/c1-13-2-8-18(19(10-13)25(27)28)20-9-5-16(31-20)11-14(12-22)21(26)24-15-3-6-17(7-4-15)32(23,29)30/h2-11H,1H3,(H,24,26)(H2,23,29,30)/b14-11+. The van der Waals surface area contributed by atoms with Gasteiger partial charge in [-0.2, -0.15) is 5.26 Å². The van der Waals surface area contributed by atoms with Crippen molar-refractivity contribution >= 4 is 33.4 Å². The van der Waals surface area contributed by atoms with E-state index in [-0.39, 0.29) is 38.9 Å². The number of carbonyl (C=O) groups is 1. The summed E-state index contributed by atoms with van der Waals surface area (Å²) < 4.78 is 28.2. The molecule has 162 valence electrons. The van der Waals surface area contributed by atoms with E-state index in [9.17, 15) is 28.6 Å². The maximum atomic E-state index is 12.4. The largest absolute Gasteiger partial charge is 0.456 e. The van der Waals surface area contributed by atoms with Gasteiger partial charge in [-0.3, -0.25) is 14.9 Å². The number of hydrogen-bond donors (Lipinski definition) is 2. The number of furan rings is 1. The Balaban J connectivity index is 1.84. The van der Waals surface area contributed by atoms with Crippen molar-refractivity contribution < 1.29 is 22.6 Å². The number of nitro benzene ring substituents is 1. The second kappa shape index (κ2) is 8.84.